The van der Waals surface area contributed by atoms with Gasteiger partial charge in [-0.05, 0) is 32.4 Å². The Bertz CT molecular complexity index is 651. The van der Waals surface area contributed by atoms with Crippen LogP contribution in [0.4, 0.5) is 0 Å². The van der Waals surface area contributed by atoms with Crippen molar-refractivity contribution < 1.29 is 39.9 Å². The lowest BCUT2D eigenvalue weighted by Crippen LogP contribution is -2.42. The minimum absolute atomic E-state index is 0.0485. The van der Waals surface area contributed by atoms with Gasteiger partial charge in [-0.3, -0.25) is 9.59 Å². The first-order chi connectivity index (χ1) is 13.7. The number of nitrogens with one attached hydrogen (secondary N) is 1. The standard InChI is InChI=1S/C17H27NO4.2C2H4O2/c1-17(2,3)18-9-12(19)10-22-16-6-4-5-11-7-14(20)15(21)8-13(11)16;2*1-2(3)4/h4-6,12,14-15,18-21H,7-10H2,1-3H3;2*1H3,(H,3,4)/t12?,14-,15+;;/m1../s1. The number of carbonyl (C=O) groups is 2. The number of aliphatic carboxylic acids is 2. The highest BCUT2D eigenvalue weighted by molar-refractivity contribution is 5.63. The first-order valence-electron chi connectivity index (χ1n) is 9.64. The van der Waals surface area contributed by atoms with Gasteiger partial charge in [0.15, 0.2) is 0 Å². The molecule has 1 aliphatic rings. The molecule has 1 unspecified atom stereocenters. The first-order valence-corrected chi connectivity index (χ1v) is 9.64. The first kappa shape index (κ1) is 27.8. The molecule has 9 nitrogen and oxygen atoms in total. The average molecular weight is 430 g/mol. The van der Waals surface area contributed by atoms with E-state index in [-0.39, 0.29) is 12.1 Å². The van der Waals surface area contributed by atoms with E-state index < -0.39 is 30.3 Å². The molecule has 1 aromatic rings. The summed E-state index contributed by atoms with van der Waals surface area (Å²) in [6.07, 6.45) is -1.27. The van der Waals surface area contributed by atoms with Gasteiger partial charge in [-0.25, -0.2) is 0 Å². The van der Waals surface area contributed by atoms with Crippen LogP contribution in [0.1, 0.15) is 45.7 Å². The van der Waals surface area contributed by atoms with E-state index in [4.69, 9.17) is 24.5 Å². The van der Waals surface area contributed by atoms with Gasteiger partial charge in [0.1, 0.15) is 18.5 Å². The fourth-order valence-electron chi connectivity index (χ4n) is 2.54. The third kappa shape index (κ3) is 13.1. The predicted octanol–water partition coefficient (Wildman–Crippen LogP) is 0.817. The summed E-state index contributed by atoms with van der Waals surface area (Å²) in [5.74, 6) is -0.988. The van der Waals surface area contributed by atoms with Gasteiger partial charge in [0.05, 0.1) is 12.2 Å². The second-order valence-electron chi connectivity index (χ2n) is 8.07. The van der Waals surface area contributed by atoms with E-state index in [1.165, 1.54) is 0 Å². The molecule has 0 heterocycles. The summed E-state index contributed by atoms with van der Waals surface area (Å²) in [6.45, 7) is 8.95. The minimum atomic E-state index is -0.833. The van der Waals surface area contributed by atoms with Gasteiger partial charge < -0.3 is 35.6 Å². The zero-order chi connectivity index (χ0) is 23.5. The van der Waals surface area contributed by atoms with E-state index in [9.17, 15) is 15.3 Å². The number of aliphatic hydroxyl groups excluding tert-OH is 3. The van der Waals surface area contributed by atoms with Crippen molar-refractivity contribution in [1.82, 2.24) is 5.32 Å². The Balaban J connectivity index is 0.000000901. The molecule has 0 radical (unpaired) electrons. The van der Waals surface area contributed by atoms with E-state index in [1.54, 1.807) is 0 Å². The predicted molar refractivity (Wildman–Crippen MR) is 112 cm³/mol. The highest BCUT2D eigenvalue weighted by atomic mass is 16.5. The van der Waals surface area contributed by atoms with Gasteiger partial charge in [-0.15, -0.1) is 0 Å². The number of ether oxygens (including phenoxy) is 1. The number of benzene rings is 1. The molecule has 2 rings (SSSR count). The molecular formula is C21H35NO8. The molecule has 1 aliphatic carbocycles. The molecule has 0 saturated heterocycles. The Morgan fingerprint density at radius 1 is 1.10 bits per heavy atom. The molecule has 172 valence electrons. The second kappa shape index (κ2) is 13.2. The molecule has 0 amide bonds. The van der Waals surface area contributed by atoms with Crippen LogP contribution in [0.3, 0.4) is 0 Å². The van der Waals surface area contributed by atoms with Gasteiger partial charge in [-0.2, -0.15) is 0 Å². The van der Waals surface area contributed by atoms with Crippen molar-refractivity contribution in [3.63, 3.8) is 0 Å². The summed E-state index contributed by atoms with van der Waals surface area (Å²) in [6, 6.07) is 5.65. The highest BCUT2D eigenvalue weighted by Gasteiger charge is 2.27. The summed E-state index contributed by atoms with van der Waals surface area (Å²) < 4.78 is 5.73. The lowest BCUT2D eigenvalue weighted by molar-refractivity contribution is -0.135. The van der Waals surface area contributed by atoms with Crippen molar-refractivity contribution in [3.8, 4) is 5.75 Å². The number of β-amino-alcohol motifs (C(OH)–C–C–N with tert-alkyl or cyclic N) is 1. The summed E-state index contributed by atoms with van der Waals surface area (Å²) in [4.78, 5) is 18.0. The maximum atomic E-state index is 10.00. The zero-order valence-electron chi connectivity index (χ0n) is 18.3. The number of aliphatic hydroxyl groups is 3. The molecule has 30 heavy (non-hydrogen) atoms. The third-order valence-electron chi connectivity index (χ3n) is 3.82. The van der Waals surface area contributed by atoms with Crippen LogP contribution in [0.5, 0.6) is 5.75 Å². The maximum absolute atomic E-state index is 10.00. The van der Waals surface area contributed by atoms with E-state index in [0.717, 1.165) is 25.0 Å². The minimum Gasteiger partial charge on any atom is -0.491 e. The Hall–Kier alpha value is -2.20. The van der Waals surface area contributed by atoms with Crippen LogP contribution in [0, 0.1) is 0 Å². The molecule has 0 aliphatic heterocycles. The van der Waals surface area contributed by atoms with Crippen molar-refractivity contribution in [2.75, 3.05) is 13.2 Å². The van der Waals surface area contributed by atoms with Gasteiger partial charge in [0.25, 0.3) is 11.9 Å². The smallest absolute Gasteiger partial charge is 0.300 e. The van der Waals surface area contributed by atoms with Crippen molar-refractivity contribution in [1.29, 1.82) is 0 Å². The van der Waals surface area contributed by atoms with E-state index in [0.29, 0.717) is 25.1 Å². The van der Waals surface area contributed by atoms with Crippen LogP contribution in [0.15, 0.2) is 18.2 Å². The largest absolute Gasteiger partial charge is 0.491 e. The van der Waals surface area contributed by atoms with Crippen molar-refractivity contribution >= 4 is 11.9 Å². The molecular weight excluding hydrogens is 394 g/mol. The molecule has 0 fully saturated rings. The van der Waals surface area contributed by atoms with Crippen molar-refractivity contribution in [3.05, 3.63) is 29.3 Å². The fourth-order valence-corrected chi connectivity index (χ4v) is 2.54. The van der Waals surface area contributed by atoms with Gasteiger partial charge >= 0.3 is 0 Å². The Labute approximate surface area is 177 Å². The van der Waals surface area contributed by atoms with Crippen LogP contribution >= 0.6 is 0 Å². The van der Waals surface area contributed by atoms with E-state index in [2.05, 4.69) is 5.32 Å². The molecule has 0 saturated carbocycles. The van der Waals surface area contributed by atoms with Crippen LogP contribution in [-0.4, -0.2) is 74.5 Å². The van der Waals surface area contributed by atoms with Crippen molar-refractivity contribution in [2.45, 2.75) is 71.3 Å². The topological polar surface area (TPSA) is 157 Å². The van der Waals surface area contributed by atoms with E-state index >= 15 is 0 Å². The summed E-state index contributed by atoms with van der Waals surface area (Å²) in [7, 11) is 0. The molecule has 0 spiro atoms. The monoisotopic (exact) mass is 429 g/mol. The van der Waals surface area contributed by atoms with Crippen molar-refractivity contribution in [2.24, 2.45) is 0 Å². The number of hydrogen-bond donors (Lipinski definition) is 6. The average Bonchev–Trinajstić information content (AvgIpc) is 2.57. The number of carboxylic acid groups (broad SMARTS) is 2. The number of hydrogen-bond acceptors (Lipinski definition) is 7. The lowest BCUT2D eigenvalue weighted by Gasteiger charge is -2.28. The quantitative estimate of drug-likeness (QED) is 0.399. The third-order valence-corrected chi connectivity index (χ3v) is 3.82. The molecule has 6 N–H and O–H groups in total. The highest BCUT2D eigenvalue weighted by Crippen LogP contribution is 2.30. The van der Waals surface area contributed by atoms with Crippen LogP contribution in [-0.2, 0) is 22.4 Å². The normalized spacial score (nSPS) is 18.5. The number of carboxylic acids is 2. The number of fused-ring (bicyclic) bond motifs is 1. The molecule has 9 heteroatoms. The van der Waals surface area contributed by atoms with Gasteiger partial charge in [-0.1, -0.05) is 12.1 Å². The van der Waals surface area contributed by atoms with E-state index in [1.807, 2.05) is 39.0 Å². The Kier molecular flexibility index (Phi) is 12.2. The maximum Gasteiger partial charge on any atom is 0.300 e. The van der Waals surface area contributed by atoms with Gasteiger partial charge in [0.2, 0.25) is 0 Å². The van der Waals surface area contributed by atoms with Crippen LogP contribution < -0.4 is 10.1 Å². The van der Waals surface area contributed by atoms with Crippen LogP contribution in [0.2, 0.25) is 0 Å². The summed E-state index contributed by atoms with van der Waals surface area (Å²) in [5.41, 5.74) is 1.88. The lowest BCUT2D eigenvalue weighted by atomic mass is 9.87. The summed E-state index contributed by atoms with van der Waals surface area (Å²) in [5, 5.41) is 47.6. The molecule has 1 aromatic carbocycles. The summed E-state index contributed by atoms with van der Waals surface area (Å²) >= 11 is 0. The van der Waals surface area contributed by atoms with Gasteiger partial charge in [0, 0.05) is 44.3 Å². The number of rotatable bonds is 5. The fraction of sp³-hybridized carbons (Fsp3) is 0.619. The molecule has 3 atom stereocenters. The second-order valence-corrected chi connectivity index (χ2v) is 8.07. The van der Waals surface area contributed by atoms with Crippen LogP contribution in [0.25, 0.3) is 0 Å². The molecule has 0 aromatic heterocycles. The Morgan fingerprint density at radius 3 is 2.10 bits per heavy atom. The zero-order valence-corrected chi connectivity index (χ0v) is 18.3. The molecule has 0 bridgehead atoms. The Morgan fingerprint density at radius 2 is 1.60 bits per heavy atom. The SMILES string of the molecule is CC(=O)O.CC(=O)O.CC(C)(C)NCC(O)COc1cccc2c1C[C@H](O)[C@H](O)C2.